The molecule has 412 valence electrons. The standard InChI is InChI=1S/C83H63NO2/c1-79(2,3)54-37-45-77-73(47-54)83(74-48-55(80(4,5)6)38-46-78(74)86-77)67-32-18-15-29-61(67)64-44-41-58(51-72(64)83)84(56-39-42-62-59-27-13-16-30-65(59)81(70(62)49-56,52-23-9-7-10-24-52)53-25-11-8-12-26-53)57-40-43-63-60-28-14-17-31-66(60)82(71(63)50-57)68-33-19-21-35-75(68)85-76-36-22-20-34-69(76)82/h7-51H,1-6H3. The van der Waals surface area contributed by atoms with Gasteiger partial charge in [-0.2, -0.15) is 0 Å². The number of ether oxygens (including phenoxy) is 2. The molecule has 3 nitrogen and oxygen atoms in total. The lowest BCUT2D eigenvalue weighted by molar-refractivity contribution is 0.433. The molecule has 3 heteroatoms. The van der Waals surface area contributed by atoms with Gasteiger partial charge >= 0.3 is 0 Å². The van der Waals surface area contributed by atoms with Crippen molar-refractivity contribution in [1.29, 1.82) is 0 Å². The Balaban J connectivity index is 0.984. The van der Waals surface area contributed by atoms with Crippen molar-refractivity contribution in [2.75, 3.05) is 4.90 Å². The lowest BCUT2D eigenvalue weighted by atomic mass is 9.64. The van der Waals surface area contributed by atoms with Crippen molar-refractivity contribution in [3.05, 3.63) is 351 Å². The van der Waals surface area contributed by atoms with Gasteiger partial charge in [0.2, 0.25) is 0 Å². The van der Waals surface area contributed by atoms with Crippen LogP contribution in [0.15, 0.2) is 273 Å². The predicted molar refractivity (Wildman–Crippen MR) is 351 cm³/mol. The maximum Gasteiger partial charge on any atom is 0.132 e. The molecule has 0 saturated carbocycles. The second-order valence-electron chi connectivity index (χ2n) is 26.3. The number of nitrogens with zero attached hydrogens (tertiary/aromatic N) is 1. The summed E-state index contributed by atoms with van der Waals surface area (Å²) in [5.41, 5.74) is 25.4. The Labute approximate surface area is 504 Å². The van der Waals surface area contributed by atoms with Crippen LogP contribution in [0.4, 0.5) is 17.1 Å². The lowest BCUT2D eigenvalue weighted by Gasteiger charge is -2.41. The molecule has 17 rings (SSSR count). The molecular weight excluding hydrogens is 1040 g/mol. The summed E-state index contributed by atoms with van der Waals surface area (Å²) in [4.78, 5) is 2.56. The highest BCUT2D eigenvalue weighted by atomic mass is 16.5. The summed E-state index contributed by atoms with van der Waals surface area (Å²) in [6, 6.07) is 103. The van der Waals surface area contributed by atoms with Crippen LogP contribution in [0.1, 0.15) is 119 Å². The maximum atomic E-state index is 7.16. The minimum Gasteiger partial charge on any atom is -0.457 e. The molecule has 12 aromatic carbocycles. The Morgan fingerprint density at radius 2 is 0.547 bits per heavy atom. The number of hydrogen-bond acceptors (Lipinski definition) is 3. The Bertz CT molecular complexity index is 4650. The summed E-state index contributed by atoms with van der Waals surface area (Å²) in [6.45, 7) is 13.9. The summed E-state index contributed by atoms with van der Waals surface area (Å²) in [7, 11) is 0. The molecule has 0 amide bonds. The molecule has 2 heterocycles. The van der Waals surface area contributed by atoms with E-state index in [1.54, 1.807) is 0 Å². The van der Waals surface area contributed by atoms with Gasteiger partial charge in [0, 0.05) is 39.3 Å². The Hall–Kier alpha value is -9.96. The molecule has 2 aliphatic heterocycles. The van der Waals surface area contributed by atoms with Crippen LogP contribution >= 0.6 is 0 Å². The summed E-state index contributed by atoms with van der Waals surface area (Å²) in [5.74, 6) is 3.51. The summed E-state index contributed by atoms with van der Waals surface area (Å²) < 4.78 is 14.0. The first-order valence-electron chi connectivity index (χ1n) is 30.4. The maximum absolute atomic E-state index is 7.16. The Kier molecular flexibility index (Phi) is 10.6. The Morgan fingerprint density at radius 3 is 0.942 bits per heavy atom. The average molecular weight is 1110 g/mol. The van der Waals surface area contributed by atoms with Crippen molar-refractivity contribution in [3.8, 4) is 56.4 Å². The molecule has 5 aliphatic rings. The molecule has 12 aromatic rings. The smallest absolute Gasteiger partial charge is 0.132 e. The normalized spacial score (nSPS) is 15.1. The zero-order valence-electron chi connectivity index (χ0n) is 49.2. The van der Waals surface area contributed by atoms with Gasteiger partial charge in [0.25, 0.3) is 0 Å². The molecule has 0 unspecified atom stereocenters. The van der Waals surface area contributed by atoms with Crippen LogP contribution in [0.5, 0.6) is 23.0 Å². The van der Waals surface area contributed by atoms with Gasteiger partial charge in [-0.15, -0.1) is 0 Å². The molecule has 0 aromatic heterocycles. The molecule has 2 spiro atoms. The van der Waals surface area contributed by atoms with Crippen LogP contribution in [-0.4, -0.2) is 0 Å². The van der Waals surface area contributed by atoms with Gasteiger partial charge in [-0.1, -0.05) is 242 Å². The molecule has 0 fully saturated rings. The minimum absolute atomic E-state index is 0.124. The highest BCUT2D eigenvalue weighted by Gasteiger charge is 2.54. The topological polar surface area (TPSA) is 21.7 Å². The van der Waals surface area contributed by atoms with E-state index < -0.39 is 16.2 Å². The summed E-state index contributed by atoms with van der Waals surface area (Å²) in [6.07, 6.45) is 0. The molecule has 0 saturated heterocycles. The number of benzene rings is 12. The van der Waals surface area contributed by atoms with E-state index in [1.807, 2.05) is 0 Å². The second kappa shape index (κ2) is 18.0. The second-order valence-corrected chi connectivity index (χ2v) is 26.3. The molecule has 0 atom stereocenters. The van der Waals surface area contributed by atoms with Crippen molar-refractivity contribution in [2.45, 2.75) is 68.6 Å². The van der Waals surface area contributed by atoms with E-state index in [0.29, 0.717) is 0 Å². The molecule has 0 radical (unpaired) electrons. The number of hydrogen-bond donors (Lipinski definition) is 0. The summed E-state index contributed by atoms with van der Waals surface area (Å²) >= 11 is 0. The highest BCUT2D eigenvalue weighted by Crippen LogP contribution is 2.66. The highest BCUT2D eigenvalue weighted by molar-refractivity contribution is 5.96. The van der Waals surface area contributed by atoms with E-state index in [1.165, 1.54) is 100 Å². The number of fused-ring (bicyclic) bond motifs is 21. The van der Waals surface area contributed by atoms with Crippen LogP contribution in [0.3, 0.4) is 0 Å². The van der Waals surface area contributed by atoms with Crippen molar-refractivity contribution in [1.82, 2.24) is 0 Å². The third kappa shape index (κ3) is 6.74. The van der Waals surface area contributed by atoms with E-state index in [-0.39, 0.29) is 10.8 Å². The minimum atomic E-state index is -0.743. The zero-order chi connectivity index (χ0) is 57.9. The van der Waals surface area contributed by atoms with Gasteiger partial charge in [-0.25, -0.2) is 0 Å². The molecule has 0 N–H and O–H groups in total. The van der Waals surface area contributed by atoms with E-state index in [2.05, 4.69) is 319 Å². The van der Waals surface area contributed by atoms with Crippen molar-refractivity contribution < 1.29 is 9.47 Å². The van der Waals surface area contributed by atoms with Gasteiger partial charge in [0.15, 0.2) is 0 Å². The fourth-order valence-corrected chi connectivity index (χ4v) is 16.0. The fourth-order valence-electron chi connectivity index (χ4n) is 16.0. The van der Waals surface area contributed by atoms with E-state index in [0.717, 1.165) is 51.2 Å². The van der Waals surface area contributed by atoms with Crippen LogP contribution in [0.2, 0.25) is 0 Å². The largest absolute Gasteiger partial charge is 0.457 e. The monoisotopic (exact) mass is 1110 g/mol. The van der Waals surface area contributed by atoms with Crippen molar-refractivity contribution >= 4 is 17.1 Å². The average Bonchev–Trinajstić information content (AvgIpc) is 1.52. The van der Waals surface area contributed by atoms with Gasteiger partial charge in [0.05, 0.1) is 16.2 Å². The van der Waals surface area contributed by atoms with Gasteiger partial charge in [-0.3, -0.25) is 0 Å². The molecule has 3 aliphatic carbocycles. The fraction of sp³-hybridized carbons (Fsp3) is 0.133. The van der Waals surface area contributed by atoms with Gasteiger partial charge < -0.3 is 14.4 Å². The van der Waals surface area contributed by atoms with Gasteiger partial charge in [-0.05, 0) is 173 Å². The quantitative estimate of drug-likeness (QED) is 0.171. The molecule has 0 bridgehead atoms. The first-order valence-corrected chi connectivity index (χ1v) is 30.4. The predicted octanol–water partition coefficient (Wildman–Crippen LogP) is 21.1. The zero-order valence-corrected chi connectivity index (χ0v) is 49.2. The molecule has 86 heavy (non-hydrogen) atoms. The van der Waals surface area contributed by atoms with Crippen LogP contribution in [0.25, 0.3) is 33.4 Å². The van der Waals surface area contributed by atoms with E-state index in [4.69, 9.17) is 9.47 Å². The number of anilines is 3. The summed E-state index contributed by atoms with van der Waals surface area (Å²) in [5, 5.41) is 0. The van der Waals surface area contributed by atoms with Gasteiger partial charge in [0.1, 0.15) is 23.0 Å². The Morgan fingerprint density at radius 1 is 0.244 bits per heavy atom. The molecular formula is C83H63NO2. The van der Waals surface area contributed by atoms with Crippen LogP contribution < -0.4 is 14.4 Å². The third-order valence-electron chi connectivity index (χ3n) is 19.8. The van der Waals surface area contributed by atoms with Crippen molar-refractivity contribution in [3.63, 3.8) is 0 Å². The number of para-hydroxylation sites is 2. The first-order chi connectivity index (χ1) is 41.9. The van der Waals surface area contributed by atoms with Crippen LogP contribution in [-0.2, 0) is 27.1 Å². The number of rotatable bonds is 5. The van der Waals surface area contributed by atoms with E-state index >= 15 is 0 Å². The van der Waals surface area contributed by atoms with E-state index in [9.17, 15) is 0 Å². The first kappa shape index (κ1) is 50.5. The SMILES string of the molecule is CC(C)(C)c1ccc2c(c1)C1(c3cc(C(C)(C)C)ccc3O2)c2ccccc2-c2ccc(N(c3ccc4c(c3)C(c3ccccc3)(c3ccccc3)c3ccccc3-4)c3ccc4c(c3)C3(c5ccccc5Oc5ccccc53)c3ccccc3-4)cc21. The lowest BCUT2D eigenvalue weighted by Crippen LogP contribution is -2.33. The van der Waals surface area contributed by atoms with Crippen LogP contribution in [0, 0.1) is 0 Å². The van der Waals surface area contributed by atoms with Crippen molar-refractivity contribution in [2.24, 2.45) is 0 Å². The third-order valence-corrected chi connectivity index (χ3v) is 19.8.